The van der Waals surface area contributed by atoms with E-state index < -0.39 is 16.4 Å². The Morgan fingerprint density at radius 1 is 1.53 bits per heavy atom. The van der Waals surface area contributed by atoms with E-state index in [1.54, 1.807) is 19.9 Å². The van der Waals surface area contributed by atoms with Gasteiger partial charge in [0.15, 0.2) is 0 Å². The van der Waals surface area contributed by atoms with Crippen molar-refractivity contribution in [3.8, 4) is 0 Å². The highest BCUT2D eigenvalue weighted by molar-refractivity contribution is 5.83. The average Bonchev–Trinajstić information content (AvgIpc) is 3.15. The largest absolute Gasteiger partial charge is 0.480 e. The number of nitrogens with one attached hydrogen (secondary N) is 1. The van der Waals surface area contributed by atoms with E-state index in [2.05, 4.69) is 5.32 Å². The van der Waals surface area contributed by atoms with Crippen molar-refractivity contribution in [2.75, 3.05) is 5.32 Å². The van der Waals surface area contributed by atoms with Crippen molar-refractivity contribution in [3.05, 3.63) is 33.9 Å². The molecule has 0 aliphatic heterocycles. The van der Waals surface area contributed by atoms with Crippen LogP contribution in [0.4, 0.5) is 11.4 Å². The van der Waals surface area contributed by atoms with Gasteiger partial charge in [-0.2, -0.15) is 0 Å². The molecule has 1 aromatic carbocycles. The average molecular weight is 264 g/mol. The number of carboxylic acid groups (broad SMARTS) is 1. The molecule has 0 spiro atoms. The van der Waals surface area contributed by atoms with Crippen LogP contribution in [0.2, 0.25) is 0 Å². The third-order valence-electron chi connectivity index (χ3n) is 3.65. The molecule has 102 valence electrons. The first-order chi connectivity index (χ1) is 8.84. The van der Waals surface area contributed by atoms with Crippen LogP contribution in [0, 0.1) is 23.0 Å². The molecule has 6 heteroatoms. The maximum absolute atomic E-state index is 11.4. The van der Waals surface area contributed by atoms with Gasteiger partial charge in [-0.25, -0.2) is 4.79 Å². The van der Waals surface area contributed by atoms with Crippen LogP contribution < -0.4 is 5.32 Å². The van der Waals surface area contributed by atoms with Crippen molar-refractivity contribution < 1.29 is 14.8 Å². The molecule has 2 rings (SSSR count). The van der Waals surface area contributed by atoms with Crippen LogP contribution in [0.15, 0.2) is 18.2 Å². The maximum Gasteiger partial charge on any atom is 0.329 e. The van der Waals surface area contributed by atoms with Gasteiger partial charge in [0.25, 0.3) is 5.69 Å². The van der Waals surface area contributed by atoms with Crippen LogP contribution in [-0.2, 0) is 4.79 Å². The third kappa shape index (κ3) is 2.52. The van der Waals surface area contributed by atoms with Gasteiger partial charge in [0.1, 0.15) is 5.54 Å². The van der Waals surface area contributed by atoms with E-state index in [0.717, 1.165) is 12.8 Å². The molecule has 0 radical (unpaired) electrons. The molecule has 6 nitrogen and oxygen atoms in total. The Balaban J connectivity index is 2.27. The predicted molar refractivity (Wildman–Crippen MR) is 70.2 cm³/mol. The zero-order valence-electron chi connectivity index (χ0n) is 10.8. The fraction of sp³-hybridized carbons (Fsp3) is 0.462. The monoisotopic (exact) mass is 264 g/mol. The van der Waals surface area contributed by atoms with Gasteiger partial charge in [-0.1, -0.05) is 0 Å². The predicted octanol–water partition coefficient (Wildman–Crippen LogP) is 2.57. The van der Waals surface area contributed by atoms with Crippen molar-refractivity contribution in [3.63, 3.8) is 0 Å². The summed E-state index contributed by atoms with van der Waals surface area (Å²) in [6.07, 6.45) is 1.78. The fourth-order valence-electron chi connectivity index (χ4n) is 2.17. The molecule has 19 heavy (non-hydrogen) atoms. The second-order valence-corrected chi connectivity index (χ2v) is 5.16. The van der Waals surface area contributed by atoms with Crippen molar-refractivity contribution in [1.29, 1.82) is 0 Å². The number of non-ortho nitro benzene ring substituents is 1. The maximum atomic E-state index is 11.4. The summed E-state index contributed by atoms with van der Waals surface area (Å²) in [7, 11) is 0. The number of benzene rings is 1. The van der Waals surface area contributed by atoms with Crippen molar-refractivity contribution in [2.24, 2.45) is 5.92 Å². The number of rotatable bonds is 5. The number of aliphatic carboxylic acids is 1. The molecule has 1 aliphatic carbocycles. The number of nitrogens with zero attached hydrogens (tertiary/aromatic N) is 1. The molecule has 0 aromatic heterocycles. The topological polar surface area (TPSA) is 92.5 Å². The van der Waals surface area contributed by atoms with Crippen molar-refractivity contribution in [2.45, 2.75) is 32.2 Å². The number of carboxylic acids is 1. The Bertz CT molecular complexity index is 539. The highest BCUT2D eigenvalue weighted by Gasteiger charge is 2.47. The molecular formula is C13H16N2O4. The number of carbonyl (C=O) groups is 1. The van der Waals surface area contributed by atoms with E-state index in [0.29, 0.717) is 11.3 Å². The SMILES string of the molecule is Cc1cc([N+](=O)[O-])ccc1NC(C)(C(=O)O)C1CC1. The first-order valence-corrected chi connectivity index (χ1v) is 6.11. The van der Waals surface area contributed by atoms with Crippen LogP contribution in [0.25, 0.3) is 0 Å². The normalized spacial score (nSPS) is 17.6. The van der Waals surface area contributed by atoms with E-state index in [1.165, 1.54) is 12.1 Å². The van der Waals surface area contributed by atoms with Gasteiger partial charge in [0.05, 0.1) is 4.92 Å². The highest BCUT2D eigenvalue weighted by atomic mass is 16.6. The summed E-state index contributed by atoms with van der Waals surface area (Å²) in [5.41, 5.74) is 0.289. The lowest BCUT2D eigenvalue weighted by molar-refractivity contribution is -0.384. The molecule has 0 bridgehead atoms. The van der Waals surface area contributed by atoms with Gasteiger partial charge >= 0.3 is 5.97 Å². The molecule has 0 saturated heterocycles. The zero-order chi connectivity index (χ0) is 14.2. The van der Waals surface area contributed by atoms with Gasteiger partial charge in [-0.05, 0) is 44.2 Å². The summed E-state index contributed by atoms with van der Waals surface area (Å²) >= 11 is 0. The molecule has 1 fully saturated rings. The summed E-state index contributed by atoms with van der Waals surface area (Å²) in [4.78, 5) is 21.6. The smallest absolute Gasteiger partial charge is 0.329 e. The summed E-state index contributed by atoms with van der Waals surface area (Å²) in [6, 6.07) is 4.39. The minimum Gasteiger partial charge on any atom is -0.480 e. The summed E-state index contributed by atoms with van der Waals surface area (Å²) in [5, 5.41) is 23.1. The number of hydrogen-bond acceptors (Lipinski definition) is 4. The van der Waals surface area contributed by atoms with Gasteiger partial charge in [0, 0.05) is 17.8 Å². The number of nitro groups is 1. The van der Waals surface area contributed by atoms with Crippen LogP contribution in [0.1, 0.15) is 25.3 Å². The molecule has 1 atom stereocenters. The Morgan fingerprint density at radius 3 is 2.58 bits per heavy atom. The lowest BCUT2D eigenvalue weighted by Crippen LogP contribution is -2.45. The minimum absolute atomic E-state index is 0.00602. The zero-order valence-corrected chi connectivity index (χ0v) is 10.8. The summed E-state index contributed by atoms with van der Waals surface area (Å²) in [6.45, 7) is 3.39. The van der Waals surface area contributed by atoms with E-state index >= 15 is 0 Å². The Kier molecular flexibility index (Phi) is 3.18. The molecule has 1 aliphatic rings. The standard InChI is InChI=1S/C13H16N2O4/c1-8-7-10(15(18)19)5-6-11(8)14-13(2,12(16)17)9-3-4-9/h5-7,9,14H,3-4H2,1-2H3,(H,16,17). The van der Waals surface area contributed by atoms with Gasteiger partial charge < -0.3 is 10.4 Å². The van der Waals surface area contributed by atoms with Gasteiger partial charge in [-0.15, -0.1) is 0 Å². The number of aryl methyl sites for hydroxylation is 1. The molecule has 1 aromatic rings. The van der Waals surface area contributed by atoms with Gasteiger partial charge in [-0.3, -0.25) is 10.1 Å². The Hall–Kier alpha value is -2.11. The lowest BCUT2D eigenvalue weighted by atomic mass is 9.95. The molecular weight excluding hydrogens is 248 g/mol. The van der Waals surface area contributed by atoms with Crippen LogP contribution in [0.5, 0.6) is 0 Å². The van der Waals surface area contributed by atoms with Crippen molar-refractivity contribution >= 4 is 17.3 Å². The van der Waals surface area contributed by atoms with E-state index in [-0.39, 0.29) is 11.6 Å². The second kappa shape index (κ2) is 4.53. The first-order valence-electron chi connectivity index (χ1n) is 6.11. The van der Waals surface area contributed by atoms with E-state index in [4.69, 9.17) is 0 Å². The lowest BCUT2D eigenvalue weighted by Gasteiger charge is -2.28. The Labute approximate surface area is 110 Å². The molecule has 0 amide bonds. The molecule has 2 N–H and O–H groups in total. The van der Waals surface area contributed by atoms with Crippen LogP contribution in [-0.4, -0.2) is 21.5 Å². The van der Waals surface area contributed by atoms with Crippen LogP contribution >= 0.6 is 0 Å². The number of hydrogen-bond donors (Lipinski definition) is 2. The third-order valence-corrected chi connectivity index (χ3v) is 3.65. The minimum atomic E-state index is -1.01. The first kappa shape index (κ1) is 13.3. The molecule has 1 saturated carbocycles. The Morgan fingerprint density at radius 2 is 2.16 bits per heavy atom. The second-order valence-electron chi connectivity index (χ2n) is 5.16. The number of anilines is 1. The fourth-order valence-corrected chi connectivity index (χ4v) is 2.17. The van der Waals surface area contributed by atoms with E-state index in [1.807, 2.05) is 0 Å². The highest BCUT2D eigenvalue weighted by Crippen LogP contribution is 2.42. The van der Waals surface area contributed by atoms with Crippen LogP contribution in [0.3, 0.4) is 0 Å². The van der Waals surface area contributed by atoms with Gasteiger partial charge in [0.2, 0.25) is 0 Å². The molecule has 1 unspecified atom stereocenters. The van der Waals surface area contributed by atoms with Crippen molar-refractivity contribution in [1.82, 2.24) is 0 Å². The summed E-state index contributed by atoms with van der Waals surface area (Å²) < 4.78 is 0. The van der Waals surface area contributed by atoms with E-state index in [9.17, 15) is 20.0 Å². The molecule has 0 heterocycles. The quantitative estimate of drug-likeness (QED) is 0.629. The number of nitro benzene ring substituents is 1. The summed E-state index contributed by atoms with van der Waals surface area (Å²) in [5.74, 6) is -0.785.